The van der Waals surface area contributed by atoms with Gasteiger partial charge in [-0.3, -0.25) is 4.79 Å². The Morgan fingerprint density at radius 3 is 2.79 bits per heavy atom. The summed E-state index contributed by atoms with van der Waals surface area (Å²) >= 11 is 12.1. The van der Waals surface area contributed by atoms with Crippen LogP contribution in [-0.2, 0) is 4.79 Å². The lowest BCUT2D eigenvalue weighted by atomic mass is 10.2. The number of ether oxygens (including phenoxy) is 2. The largest absolute Gasteiger partial charge is 0.489 e. The van der Waals surface area contributed by atoms with E-state index in [9.17, 15) is 4.79 Å². The van der Waals surface area contributed by atoms with Crippen molar-refractivity contribution in [2.24, 2.45) is 0 Å². The molecule has 124 valence electrons. The molecule has 0 fully saturated rings. The van der Waals surface area contributed by atoms with Gasteiger partial charge in [-0.25, -0.2) is 0 Å². The van der Waals surface area contributed by atoms with Gasteiger partial charge in [0.05, 0.1) is 18.2 Å². The second-order valence-electron chi connectivity index (χ2n) is 5.21. The second kappa shape index (κ2) is 7.60. The monoisotopic (exact) mass is 363 g/mol. The van der Waals surface area contributed by atoms with Gasteiger partial charge in [0.1, 0.15) is 0 Å². The highest BCUT2D eigenvalue weighted by Gasteiger charge is 2.14. The first kappa shape index (κ1) is 16.7. The number of halogens is 2. The zero-order valence-corrected chi connectivity index (χ0v) is 14.2. The molecule has 1 aliphatic heterocycles. The van der Waals surface area contributed by atoms with Crippen LogP contribution in [0.5, 0.6) is 11.5 Å². The Morgan fingerprint density at radius 2 is 1.96 bits per heavy atom. The number of hydrogen-bond acceptors (Lipinski definition) is 3. The smallest absolute Gasteiger partial charge is 0.248 e. The SMILES string of the molecule is O=C(/C=C/c1cc(Cl)c2c(c1)OCCCO2)Nc1cccc(Cl)c1. The summed E-state index contributed by atoms with van der Waals surface area (Å²) in [5, 5.41) is 3.76. The molecule has 0 unspecified atom stereocenters. The molecule has 2 aromatic carbocycles. The summed E-state index contributed by atoms with van der Waals surface area (Å²) in [6.45, 7) is 1.15. The molecule has 24 heavy (non-hydrogen) atoms. The molecule has 4 nitrogen and oxygen atoms in total. The molecule has 0 aliphatic carbocycles. The first-order valence-corrected chi connectivity index (χ1v) is 8.21. The molecular formula is C18H15Cl2NO3. The molecule has 0 saturated heterocycles. The van der Waals surface area contributed by atoms with Crippen LogP contribution >= 0.6 is 23.2 Å². The summed E-state index contributed by atoms with van der Waals surface area (Å²) in [6.07, 6.45) is 3.90. The van der Waals surface area contributed by atoms with E-state index >= 15 is 0 Å². The van der Waals surface area contributed by atoms with Crippen molar-refractivity contribution < 1.29 is 14.3 Å². The van der Waals surface area contributed by atoms with Gasteiger partial charge >= 0.3 is 0 Å². The fraction of sp³-hybridized carbons (Fsp3) is 0.167. The van der Waals surface area contributed by atoms with Gasteiger partial charge in [0.15, 0.2) is 11.5 Å². The van der Waals surface area contributed by atoms with Gasteiger partial charge in [-0.15, -0.1) is 0 Å². The van der Waals surface area contributed by atoms with E-state index in [1.165, 1.54) is 6.08 Å². The molecule has 0 atom stereocenters. The minimum absolute atomic E-state index is 0.263. The molecule has 1 N–H and O–H groups in total. The number of anilines is 1. The van der Waals surface area contributed by atoms with Crippen molar-refractivity contribution in [1.29, 1.82) is 0 Å². The van der Waals surface area contributed by atoms with Crippen LogP contribution in [0.4, 0.5) is 5.69 Å². The van der Waals surface area contributed by atoms with E-state index in [4.69, 9.17) is 32.7 Å². The highest BCUT2D eigenvalue weighted by molar-refractivity contribution is 6.32. The molecular weight excluding hydrogens is 349 g/mol. The van der Waals surface area contributed by atoms with Gasteiger partial charge in [0.25, 0.3) is 0 Å². The lowest BCUT2D eigenvalue weighted by Gasteiger charge is -2.10. The maximum Gasteiger partial charge on any atom is 0.248 e. The van der Waals surface area contributed by atoms with E-state index in [2.05, 4.69) is 5.32 Å². The molecule has 0 spiro atoms. The van der Waals surface area contributed by atoms with Gasteiger partial charge < -0.3 is 14.8 Å². The maximum atomic E-state index is 12.0. The van der Waals surface area contributed by atoms with Crippen LogP contribution in [0, 0.1) is 0 Å². The van der Waals surface area contributed by atoms with E-state index in [-0.39, 0.29) is 5.91 Å². The number of fused-ring (bicyclic) bond motifs is 1. The lowest BCUT2D eigenvalue weighted by Crippen LogP contribution is -2.07. The minimum atomic E-state index is -0.263. The van der Waals surface area contributed by atoms with Crippen molar-refractivity contribution in [2.45, 2.75) is 6.42 Å². The highest BCUT2D eigenvalue weighted by atomic mass is 35.5. The molecule has 0 aromatic heterocycles. The van der Waals surface area contributed by atoms with E-state index in [0.29, 0.717) is 40.4 Å². The van der Waals surface area contributed by atoms with Crippen molar-refractivity contribution in [3.63, 3.8) is 0 Å². The zero-order valence-electron chi connectivity index (χ0n) is 12.7. The predicted molar refractivity (Wildman–Crippen MR) is 96.2 cm³/mol. The normalized spacial score (nSPS) is 13.6. The molecule has 1 heterocycles. The summed E-state index contributed by atoms with van der Waals surface area (Å²) in [4.78, 5) is 12.0. The van der Waals surface area contributed by atoms with Crippen LogP contribution in [0.15, 0.2) is 42.5 Å². The van der Waals surface area contributed by atoms with Crippen LogP contribution < -0.4 is 14.8 Å². The summed E-state index contributed by atoms with van der Waals surface area (Å²) in [5.41, 5.74) is 1.39. The Hall–Kier alpha value is -2.17. The number of hydrogen-bond donors (Lipinski definition) is 1. The standard InChI is InChI=1S/C18H15Cl2NO3/c19-13-3-1-4-14(11-13)21-17(22)6-5-12-9-15(20)18-16(10-12)23-7-2-8-24-18/h1,3-6,9-11H,2,7-8H2,(H,21,22)/b6-5+. The Bertz CT molecular complexity index is 790. The third-order valence-electron chi connectivity index (χ3n) is 3.34. The summed E-state index contributed by atoms with van der Waals surface area (Å²) < 4.78 is 11.2. The molecule has 0 radical (unpaired) electrons. The van der Waals surface area contributed by atoms with Crippen molar-refractivity contribution >= 4 is 40.9 Å². The maximum absolute atomic E-state index is 12.0. The third-order valence-corrected chi connectivity index (χ3v) is 3.86. The topological polar surface area (TPSA) is 47.6 Å². The van der Waals surface area contributed by atoms with E-state index in [0.717, 1.165) is 12.0 Å². The van der Waals surface area contributed by atoms with Crippen molar-refractivity contribution in [2.75, 3.05) is 18.5 Å². The first-order valence-electron chi connectivity index (χ1n) is 7.45. The third kappa shape index (κ3) is 4.22. The van der Waals surface area contributed by atoms with Gasteiger partial charge in [-0.1, -0.05) is 29.3 Å². The quantitative estimate of drug-likeness (QED) is 0.796. The summed E-state index contributed by atoms with van der Waals surface area (Å²) in [6, 6.07) is 10.5. The van der Waals surface area contributed by atoms with E-state index in [1.807, 2.05) is 0 Å². The average Bonchev–Trinajstić information content (AvgIpc) is 2.79. The number of carbonyl (C=O) groups is 1. The fourth-order valence-corrected chi connectivity index (χ4v) is 2.73. The molecule has 0 bridgehead atoms. The number of rotatable bonds is 3. The molecule has 2 aromatic rings. The van der Waals surface area contributed by atoms with E-state index < -0.39 is 0 Å². The van der Waals surface area contributed by atoms with Crippen LogP contribution in [-0.4, -0.2) is 19.1 Å². The zero-order chi connectivity index (χ0) is 16.9. The van der Waals surface area contributed by atoms with Crippen molar-refractivity contribution in [3.05, 3.63) is 58.1 Å². The van der Waals surface area contributed by atoms with Crippen molar-refractivity contribution in [1.82, 2.24) is 0 Å². The van der Waals surface area contributed by atoms with Crippen LogP contribution in [0.25, 0.3) is 6.08 Å². The molecule has 1 aliphatic rings. The highest BCUT2D eigenvalue weighted by Crippen LogP contribution is 2.38. The lowest BCUT2D eigenvalue weighted by molar-refractivity contribution is -0.111. The second-order valence-corrected chi connectivity index (χ2v) is 6.06. The van der Waals surface area contributed by atoms with Crippen LogP contribution in [0.2, 0.25) is 10.0 Å². The number of benzene rings is 2. The van der Waals surface area contributed by atoms with Crippen molar-refractivity contribution in [3.8, 4) is 11.5 Å². The molecule has 0 saturated carbocycles. The number of carbonyl (C=O) groups excluding carboxylic acids is 1. The molecule has 3 rings (SSSR count). The fourth-order valence-electron chi connectivity index (χ4n) is 2.27. The summed E-state index contributed by atoms with van der Waals surface area (Å²) in [7, 11) is 0. The van der Waals surface area contributed by atoms with Gasteiger partial charge in [-0.2, -0.15) is 0 Å². The average molecular weight is 364 g/mol. The Labute approximate surface area is 150 Å². The Morgan fingerprint density at radius 1 is 1.12 bits per heavy atom. The van der Waals surface area contributed by atoms with Crippen LogP contribution in [0.1, 0.15) is 12.0 Å². The van der Waals surface area contributed by atoms with Gasteiger partial charge in [-0.05, 0) is 42.0 Å². The van der Waals surface area contributed by atoms with Gasteiger partial charge in [0.2, 0.25) is 5.91 Å². The first-order chi connectivity index (χ1) is 11.6. The summed E-state index contributed by atoms with van der Waals surface area (Å²) in [5.74, 6) is 0.880. The molecule has 6 heteroatoms. The number of nitrogens with one attached hydrogen (secondary N) is 1. The Balaban J connectivity index is 1.73. The van der Waals surface area contributed by atoms with Crippen LogP contribution in [0.3, 0.4) is 0 Å². The van der Waals surface area contributed by atoms with E-state index in [1.54, 1.807) is 42.5 Å². The minimum Gasteiger partial charge on any atom is -0.489 e. The predicted octanol–water partition coefficient (Wildman–Crippen LogP) is 4.81. The molecule has 1 amide bonds. The number of amides is 1. The Kier molecular flexibility index (Phi) is 5.28. The van der Waals surface area contributed by atoms with Gasteiger partial charge in [0, 0.05) is 23.2 Å².